The van der Waals surface area contributed by atoms with E-state index >= 15 is 0 Å². The summed E-state index contributed by atoms with van der Waals surface area (Å²) >= 11 is 0. The fourth-order valence-corrected chi connectivity index (χ4v) is 2.92. The van der Waals surface area contributed by atoms with Crippen molar-refractivity contribution >= 4 is 5.91 Å². The first-order valence-corrected chi connectivity index (χ1v) is 8.60. The van der Waals surface area contributed by atoms with Gasteiger partial charge in [-0.1, -0.05) is 5.16 Å². The van der Waals surface area contributed by atoms with Crippen LogP contribution in [0.2, 0.25) is 0 Å². The molecule has 2 N–H and O–H groups in total. The summed E-state index contributed by atoms with van der Waals surface area (Å²) in [5, 5.41) is 6.68. The summed E-state index contributed by atoms with van der Waals surface area (Å²) < 4.78 is 5.31. The second kappa shape index (κ2) is 7.53. The molecule has 8 nitrogen and oxygen atoms in total. The average Bonchev–Trinajstić information content (AvgIpc) is 3.00. The Labute approximate surface area is 156 Å². The first-order chi connectivity index (χ1) is 12.8. The zero-order valence-corrected chi connectivity index (χ0v) is 15.7. The van der Waals surface area contributed by atoms with Crippen LogP contribution in [0.1, 0.15) is 38.8 Å². The molecule has 27 heavy (non-hydrogen) atoms. The van der Waals surface area contributed by atoms with Crippen LogP contribution in [0.25, 0.3) is 11.3 Å². The monoisotopic (exact) mass is 367 g/mol. The molecular formula is C19H21N5O3. The number of pyridine rings is 1. The molecule has 140 valence electrons. The Morgan fingerprint density at radius 2 is 2.00 bits per heavy atom. The van der Waals surface area contributed by atoms with Crippen LogP contribution < -0.4 is 10.9 Å². The molecule has 0 aromatic carbocycles. The van der Waals surface area contributed by atoms with E-state index in [0.29, 0.717) is 30.1 Å². The lowest BCUT2D eigenvalue weighted by Gasteiger charge is -2.09. The lowest BCUT2D eigenvalue weighted by atomic mass is 10.1. The third-order valence-corrected chi connectivity index (χ3v) is 4.12. The SMILES string of the molecule is Cc1cc(-c2cnc(C)nc2CCNC(=O)c2c(C)cc(C)[nH]c2=O)on1. The molecule has 0 bridgehead atoms. The van der Waals surface area contributed by atoms with Crippen molar-refractivity contribution in [2.45, 2.75) is 34.1 Å². The van der Waals surface area contributed by atoms with Crippen molar-refractivity contribution in [1.82, 2.24) is 25.4 Å². The number of rotatable bonds is 5. The van der Waals surface area contributed by atoms with E-state index in [9.17, 15) is 9.59 Å². The summed E-state index contributed by atoms with van der Waals surface area (Å²) in [6.45, 7) is 7.48. The van der Waals surface area contributed by atoms with Crippen LogP contribution in [0.4, 0.5) is 0 Å². The largest absolute Gasteiger partial charge is 0.356 e. The van der Waals surface area contributed by atoms with Crippen LogP contribution in [-0.4, -0.2) is 32.6 Å². The summed E-state index contributed by atoms with van der Waals surface area (Å²) in [4.78, 5) is 35.8. The number of carbonyl (C=O) groups is 1. The topological polar surface area (TPSA) is 114 Å². The Morgan fingerprint density at radius 3 is 2.67 bits per heavy atom. The molecule has 0 fully saturated rings. The molecule has 1 amide bonds. The Bertz CT molecular complexity index is 1050. The van der Waals surface area contributed by atoms with Crippen molar-refractivity contribution in [1.29, 1.82) is 0 Å². The van der Waals surface area contributed by atoms with E-state index in [2.05, 4.69) is 25.4 Å². The van der Waals surface area contributed by atoms with Crippen LogP contribution >= 0.6 is 0 Å². The molecule has 0 saturated carbocycles. The molecule has 3 aromatic rings. The van der Waals surface area contributed by atoms with Crippen molar-refractivity contribution in [2.24, 2.45) is 0 Å². The first kappa shape index (κ1) is 18.5. The summed E-state index contributed by atoms with van der Waals surface area (Å²) in [5.41, 5.74) is 3.35. The van der Waals surface area contributed by atoms with E-state index in [1.807, 2.05) is 13.0 Å². The number of amides is 1. The number of hydrogen-bond donors (Lipinski definition) is 2. The standard InChI is InChI=1S/C19H21N5O3/c1-10-7-11(2)22-19(26)17(10)18(25)20-6-5-15-14(9-21-13(4)23-15)16-8-12(3)24-27-16/h7-9H,5-6H2,1-4H3,(H,20,25)(H,22,26). The van der Waals surface area contributed by atoms with Gasteiger partial charge in [0.25, 0.3) is 11.5 Å². The highest BCUT2D eigenvalue weighted by atomic mass is 16.5. The Morgan fingerprint density at radius 1 is 1.22 bits per heavy atom. The first-order valence-electron chi connectivity index (χ1n) is 8.60. The quantitative estimate of drug-likeness (QED) is 0.713. The number of nitrogens with one attached hydrogen (secondary N) is 2. The highest BCUT2D eigenvalue weighted by Crippen LogP contribution is 2.23. The number of H-pyrrole nitrogens is 1. The molecular weight excluding hydrogens is 346 g/mol. The second-order valence-corrected chi connectivity index (χ2v) is 6.46. The fourth-order valence-electron chi connectivity index (χ4n) is 2.92. The summed E-state index contributed by atoms with van der Waals surface area (Å²) in [5.74, 6) is 0.804. The zero-order chi connectivity index (χ0) is 19.6. The molecule has 0 saturated heterocycles. The minimum Gasteiger partial charge on any atom is -0.356 e. The van der Waals surface area contributed by atoms with E-state index in [4.69, 9.17) is 4.52 Å². The molecule has 0 aliphatic carbocycles. The van der Waals surface area contributed by atoms with Gasteiger partial charge in [-0.3, -0.25) is 9.59 Å². The van der Waals surface area contributed by atoms with E-state index < -0.39 is 5.91 Å². The van der Waals surface area contributed by atoms with Crippen molar-refractivity contribution in [2.75, 3.05) is 6.54 Å². The third kappa shape index (κ3) is 4.11. The molecule has 3 heterocycles. The van der Waals surface area contributed by atoms with Crippen LogP contribution in [-0.2, 0) is 6.42 Å². The second-order valence-electron chi connectivity index (χ2n) is 6.46. The number of nitrogens with zero attached hydrogens (tertiary/aromatic N) is 3. The molecule has 3 rings (SSSR count). The Kier molecular flexibility index (Phi) is 5.16. The van der Waals surface area contributed by atoms with E-state index in [1.54, 1.807) is 33.0 Å². The van der Waals surface area contributed by atoms with Crippen molar-refractivity contribution in [3.8, 4) is 11.3 Å². The molecule has 0 aliphatic rings. The maximum Gasteiger partial charge on any atom is 0.261 e. The van der Waals surface area contributed by atoms with Gasteiger partial charge < -0.3 is 14.8 Å². The Balaban J connectivity index is 1.75. The predicted octanol–water partition coefficient (Wildman–Crippen LogP) is 2.03. The summed E-state index contributed by atoms with van der Waals surface area (Å²) in [7, 11) is 0. The summed E-state index contributed by atoms with van der Waals surface area (Å²) in [6, 6.07) is 3.58. The van der Waals surface area contributed by atoms with Gasteiger partial charge in [0.1, 0.15) is 11.4 Å². The number of aryl methyl sites for hydroxylation is 4. The van der Waals surface area contributed by atoms with Gasteiger partial charge in [0.15, 0.2) is 5.76 Å². The Hall–Kier alpha value is -3.29. The molecule has 3 aromatic heterocycles. The number of hydrogen-bond acceptors (Lipinski definition) is 6. The highest BCUT2D eigenvalue weighted by Gasteiger charge is 2.16. The lowest BCUT2D eigenvalue weighted by molar-refractivity contribution is 0.0952. The minimum absolute atomic E-state index is 0.130. The van der Waals surface area contributed by atoms with Crippen LogP contribution in [0.3, 0.4) is 0 Å². The van der Waals surface area contributed by atoms with Gasteiger partial charge in [-0.05, 0) is 39.3 Å². The van der Waals surface area contributed by atoms with Gasteiger partial charge in [-0.15, -0.1) is 0 Å². The maximum atomic E-state index is 12.4. The minimum atomic E-state index is -0.406. The third-order valence-electron chi connectivity index (χ3n) is 4.12. The average molecular weight is 367 g/mol. The van der Waals surface area contributed by atoms with Crippen molar-refractivity contribution < 1.29 is 9.32 Å². The van der Waals surface area contributed by atoms with Gasteiger partial charge in [-0.2, -0.15) is 0 Å². The van der Waals surface area contributed by atoms with Crippen LogP contribution in [0, 0.1) is 27.7 Å². The smallest absolute Gasteiger partial charge is 0.261 e. The lowest BCUT2D eigenvalue weighted by Crippen LogP contribution is -2.32. The molecule has 0 aliphatic heterocycles. The summed E-state index contributed by atoms with van der Waals surface area (Å²) in [6.07, 6.45) is 2.15. The van der Waals surface area contributed by atoms with Gasteiger partial charge in [0.05, 0.1) is 17.0 Å². The normalized spacial score (nSPS) is 10.8. The van der Waals surface area contributed by atoms with E-state index in [1.165, 1.54) is 0 Å². The molecule has 8 heteroatoms. The van der Waals surface area contributed by atoms with Gasteiger partial charge >= 0.3 is 0 Å². The molecule has 0 unspecified atom stereocenters. The van der Waals surface area contributed by atoms with Crippen molar-refractivity contribution in [3.63, 3.8) is 0 Å². The maximum absolute atomic E-state index is 12.4. The number of aromatic amines is 1. The van der Waals surface area contributed by atoms with Gasteiger partial charge in [0.2, 0.25) is 0 Å². The zero-order valence-electron chi connectivity index (χ0n) is 15.7. The number of carbonyl (C=O) groups excluding carboxylic acids is 1. The van der Waals surface area contributed by atoms with E-state index in [-0.39, 0.29) is 11.1 Å². The molecule has 0 spiro atoms. The predicted molar refractivity (Wildman–Crippen MR) is 99.6 cm³/mol. The van der Waals surface area contributed by atoms with Crippen molar-refractivity contribution in [3.05, 3.63) is 62.7 Å². The van der Waals surface area contributed by atoms with Gasteiger partial charge in [-0.25, -0.2) is 9.97 Å². The highest BCUT2D eigenvalue weighted by molar-refractivity contribution is 5.95. The number of aromatic nitrogens is 4. The van der Waals surface area contributed by atoms with Crippen LogP contribution in [0.15, 0.2) is 27.6 Å². The van der Waals surface area contributed by atoms with E-state index in [0.717, 1.165) is 22.6 Å². The fraction of sp³-hybridized carbons (Fsp3) is 0.316. The molecule has 0 radical (unpaired) electrons. The van der Waals surface area contributed by atoms with Gasteiger partial charge in [0, 0.05) is 30.9 Å². The molecule has 0 atom stereocenters. The van der Waals surface area contributed by atoms with Crippen LogP contribution in [0.5, 0.6) is 0 Å².